The van der Waals surface area contributed by atoms with Gasteiger partial charge in [-0.3, -0.25) is 4.79 Å². The van der Waals surface area contributed by atoms with E-state index in [0.717, 1.165) is 63.4 Å². The molecule has 2 heterocycles. The van der Waals surface area contributed by atoms with Crippen molar-refractivity contribution in [2.45, 2.75) is 25.7 Å². The molecule has 0 saturated carbocycles. The molecule has 146 valence electrons. The molecular formula is C20H31ClN2O3. The fourth-order valence-corrected chi connectivity index (χ4v) is 4.38. The summed E-state index contributed by atoms with van der Waals surface area (Å²) in [5.41, 5.74) is 1.39. The van der Waals surface area contributed by atoms with Crippen molar-refractivity contribution in [2.75, 3.05) is 47.0 Å². The SMILES string of the molecule is COCC1CN(C(=O)CCc2cccc(OC)c2)CC12CCNCC2.Cl. The molecule has 1 aromatic carbocycles. The predicted molar refractivity (Wildman–Crippen MR) is 105 cm³/mol. The predicted octanol–water partition coefficient (Wildman–Crippen LogP) is 2.52. The van der Waals surface area contributed by atoms with Crippen LogP contribution in [0.5, 0.6) is 5.75 Å². The molecule has 1 amide bonds. The zero-order valence-corrected chi connectivity index (χ0v) is 16.6. The molecule has 2 aliphatic heterocycles. The lowest BCUT2D eigenvalue weighted by molar-refractivity contribution is -0.130. The van der Waals surface area contributed by atoms with Gasteiger partial charge in [-0.2, -0.15) is 0 Å². The highest BCUT2D eigenvalue weighted by atomic mass is 35.5. The molecule has 1 atom stereocenters. The molecule has 2 fully saturated rings. The summed E-state index contributed by atoms with van der Waals surface area (Å²) in [6.07, 6.45) is 3.60. The van der Waals surface area contributed by atoms with E-state index in [4.69, 9.17) is 9.47 Å². The highest BCUT2D eigenvalue weighted by molar-refractivity contribution is 5.85. The maximum Gasteiger partial charge on any atom is 0.222 e. The highest BCUT2D eigenvalue weighted by Gasteiger charge is 2.47. The van der Waals surface area contributed by atoms with Gasteiger partial charge in [-0.05, 0) is 55.5 Å². The van der Waals surface area contributed by atoms with Gasteiger partial charge in [0.1, 0.15) is 5.75 Å². The van der Waals surface area contributed by atoms with Crippen LogP contribution in [0.25, 0.3) is 0 Å². The van der Waals surface area contributed by atoms with Crippen LogP contribution in [0.4, 0.5) is 0 Å². The molecule has 26 heavy (non-hydrogen) atoms. The molecule has 0 radical (unpaired) electrons. The number of rotatable bonds is 6. The summed E-state index contributed by atoms with van der Waals surface area (Å²) in [6.45, 7) is 4.57. The van der Waals surface area contributed by atoms with Crippen molar-refractivity contribution in [1.82, 2.24) is 10.2 Å². The lowest BCUT2D eigenvalue weighted by Gasteiger charge is -2.38. The van der Waals surface area contributed by atoms with E-state index in [-0.39, 0.29) is 23.7 Å². The Balaban J connectivity index is 0.00000243. The van der Waals surface area contributed by atoms with E-state index in [2.05, 4.69) is 16.3 Å². The summed E-state index contributed by atoms with van der Waals surface area (Å²) in [4.78, 5) is 14.9. The number of ether oxygens (including phenoxy) is 2. The first-order chi connectivity index (χ1) is 12.2. The van der Waals surface area contributed by atoms with Crippen molar-refractivity contribution in [3.8, 4) is 5.75 Å². The van der Waals surface area contributed by atoms with Crippen molar-refractivity contribution >= 4 is 18.3 Å². The van der Waals surface area contributed by atoms with Gasteiger partial charge in [0.25, 0.3) is 0 Å². The summed E-state index contributed by atoms with van der Waals surface area (Å²) in [5.74, 6) is 1.57. The summed E-state index contributed by atoms with van der Waals surface area (Å²) in [5, 5.41) is 3.44. The standard InChI is InChI=1S/C20H30N2O3.ClH/c1-24-14-17-13-22(15-20(17)8-10-21-11-9-20)19(23)7-6-16-4-3-5-18(12-16)25-2;/h3-5,12,17,21H,6-11,13-15H2,1-2H3;1H. The van der Waals surface area contributed by atoms with Crippen molar-refractivity contribution in [2.24, 2.45) is 11.3 Å². The van der Waals surface area contributed by atoms with Gasteiger partial charge in [0.15, 0.2) is 0 Å². The van der Waals surface area contributed by atoms with Gasteiger partial charge in [0.05, 0.1) is 13.7 Å². The van der Waals surface area contributed by atoms with E-state index in [9.17, 15) is 4.79 Å². The lowest BCUT2D eigenvalue weighted by atomic mass is 9.71. The number of halogens is 1. The highest BCUT2D eigenvalue weighted by Crippen LogP contribution is 2.43. The Kier molecular flexibility index (Phi) is 7.74. The number of amides is 1. The van der Waals surface area contributed by atoms with Gasteiger partial charge in [-0.1, -0.05) is 12.1 Å². The van der Waals surface area contributed by atoms with Crippen LogP contribution in [0.3, 0.4) is 0 Å². The Morgan fingerprint density at radius 1 is 1.31 bits per heavy atom. The minimum atomic E-state index is 0. The molecular weight excluding hydrogens is 352 g/mol. The molecule has 1 unspecified atom stereocenters. The molecule has 5 nitrogen and oxygen atoms in total. The second-order valence-electron chi connectivity index (χ2n) is 7.39. The fourth-order valence-electron chi connectivity index (χ4n) is 4.38. The van der Waals surface area contributed by atoms with Crippen LogP contribution in [-0.2, 0) is 16.0 Å². The Morgan fingerprint density at radius 3 is 2.77 bits per heavy atom. The number of likely N-dealkylation sites (tertiary alicyclic amines) is 1. The number of carbonyl (C=O) groups is 1. The molecule has 3 rings (SSSR count). The normalized spacial score (nSPS) is 21.5. The molecule has 1 spiro atoms. The average Bonchev–Trinajstić information content (AvgIpc) is 2.98. The van der Waals surface area contributed by atoms with E-state index in [1.165, 1.54) is 0 Å². The number of benzene rings is 1. The summed E-state index contributed by atoms with van der Waals surface area (Å²) >= 11 is 0. The van der Waals surface area contributed by atoms with Crippen molar-refractivity contribution in [3.63, 3.8) is 0 Å². The summed E-state index contributed by atoms with van der Waals surface area (Å²) in [7, 11) is 3.44. The van der Waals surface area contributed by atoms with Crippen LogP contribution in [-0.4, -0.2) is 57.8 Å². The Hall–Kier alpha value is -1.30. The molecule has 2 saturated heterocycles. The largest absolute Gasteiger partial charge is 0.497 e. The second kappa shape index (κ2) is 9.58. The number of nitrogens with one attached hydrogen (secondary N) is 1. The third kappa shape index (κ3) is 4.70. The zero-order chi connectivity index (χ0) is 17.7. The Bertz CT molecular complexity index is 590. The molecule has 0 aliphatic carbocycles. The van der Waals surface area contributed by atoms with Crippen LogP contribution in [0, 0.1) is 11.3 Å². The van der Waals surface area contributed by atoms with E-state index in [1.54, 1.807) is 14.2 Å². The lowest BCUT2D eigenvalue weighted by Crippen LogP contribution is -2.43. The maximum absolute atomic E-state index is 12.8. The fraction of sp³-hybridized carbons (Fsp3) is 0.650. The smallest absolute Gasteiger partial charge is 0.222 e. The molecule has 1 aromatic rings. The maximum atomic E-state index is 12.8. The van der Waals surface area contributed by atoms with Gasteiger partial charge in [-0.15, -0.1) is 12.4 Å². The Labute approximate surface area is 162 Å². The first-order valence-electron chi connectivity index (χ1n) is 9.27. The third-order valence-electron chi connectivity index (χ3n) is 5.89. The number of nitrogens with zero attached hydrogens (tertiary/aromatic N) is 1. The van der Waals surface area contributed by atoms with Gasteiger partial charge < -0.3 is 19.7 Å². The molecule has 2 aliphatic rings. The van der Waals surface area contributed by atoms with Gasteiger partial charge in [-0.25, -0.2) is 0 Å². The Morgan fingerprint density at radius 2 is 2.08 bits per heavy atom. The van der Waals surface area contributed by atoms with Crippen LogP contribution < -0.4 is 10.1 Å². The molecule has 1 N–H and O–H groups in total. The number of aryl methyl sites for hydroxylation is 1. The van der Waals surface area contributed by atoms with Gasteiger partial charge >= 0.3 is 0 Å². The van der Waals surface area contributed by atoms with Crippen molar-refractivity contribution in [1.29, 1.82) is 0 Å². The minimum Gasteiger partial charge on any atom is -0.497 e. The second-order valence-corrected chi connectivity index (χ2v) is 7.39. The van der Waals surface area contributed by atoms with Crippen LogP contribution in [0.2, 0.25) is 0 Å². The number of carbonyl (C=O) groups excluding carboxylic acids is 1. The topological polar surface area (TPSA) is 50.8 Å². The molecule has 0 aromatic heterocycles. The number of piperidine rings is 1. The molecule has 6 heteroatoms. The molecule has 0 bridgehead atoms. The monoisotopic (exact) mass is 382 g/mol. The first-order valence-corrected chi connectivity index (χ1v) is 9.27. The van der Waals surface area contributed by atoms with Crippen molar-refractivity contribution < 1.29 is 14.3 Å². The quantitative estimate of drug-likeness (QED) is 0.821. The van der Waals surface area contributed by atoms with E-state index < -0.39 is 0 Å². The average molecular weight is 383 g/mol. The first kappa shape index (κ1) is 21.0. The van der Waals surface area contributed by atoms with Gasteiger partial charge in [0, 0.05) is 32.5 Å². The van der Waals surface area contributed by atoms with E-state index in [0.29, 0.717) is 12.3 Å². The number of methoxy groups -OCH3 is 2. The van der Waals surface area contributed by atoms with E-state index >= 15 is 0 Å². The van der Waals surface area contributed by atoms with Gasteiger partial charge in [0.2, 0.25) is 5.91 Å². The zero-order valence-electron chi connectivity index (χ0n) is 15.8. The third-order valence-corrected chi connectivity index (χ3v) is 5.89. The van der Waals surface area contributed by atoms with Crippen LogP contribution in [0.1, 0.15) is 24.8 Å². The minimum absolute atomic E-state index is 0. The number of hydrogen-bond acceptors (Lipinski definition) is 4. The van der Waals surface area contributed by atoms with Crippen molar-refractivity contribution in [3.05, 3.63) is 29.8 Å². The number of hydrogen-bond donors (Lipinski definition) is 1. The van der Waals surface area contributed by atoms with E-state index in [1.807, 2.05) is 18.2 Å². The summed E-state index contributed by atoms with van der Waals surface area (Å²) in [6, 6.07) is 7.98. The van der Waals surface area contributed by atoms with Crippen LogP contribution >= 0.6 is 12.4 Å². The van der Waals surface area contributed by atoms with Crippen LogP contribution in [0.15, 0.2) is 24.3 Å². The summed E-state index contributed by atoms with van der Waals surface area (Å²) < 4.78 is 10.7.